The molecule has 0 aromatic heterocycles. The molecule has 1 N–H and O–H groups in total. The Kier molecular flexibility index (Phi) is 3.82. The molecule has 0 radical (unpaired) electrons. The lowest BCUT2D eigenvalue weighted by Crippen LogP contribution is -2.10. The van der Waals surface area contributed by atoms with Crippen LogP contribution in [0, 0.1) is 17.0 Å². The van der Waals surface area contributed by atoms with E-state index in [0.717, 1.165) is 0 Å². The molecule has 6 nitrogen and oxygen atoms in total. The maximum atomic E-state index is 10.7. The summed E-state index contributed by atoms with van der Waals surface area (Å²) in [6, 6.07) is 4.48. The molecular formula is C11H11NO5. The molecule has 1 rings (SSSR count). The summed E-state index contributed by atoms with van der Waals surface area (Å²) >= 11 is 0. The lowest BCUT2D eigenvalue weighted by molar-refractivity contribution is -0.385. The van der Waals surface area contributed by atoms with Gasteiger partial charge in [-0.2, -0.15) is 0 Å². The molecule has 0 unspecified atom stereocenters. The Bertz CT molecular complexity index is 481. The Morgan fingerprint density at radius 2 is 2.24 bits per heavy atom. The van der Waals surface area contributed by atoms with Crippen molar-refractivity contribution in [3.63, 3.8) is 0 Å². The Morgan fingerprint density at radius 3 is 2.76 bits per heavy atom. The van der Waals surface area contributed by atoms with Crippen LogP contribution >= 0.6 is 0 Å². The van der Waals surface area contributed by atoms with Crippen molar-refractivity contribution in [1.29, 1.82) is 0 Å². The average Bonchev–Trinajstić information content (AvgIpc) is 2.26. The van der Waals surface area contributed by atoms with Gasteiger partial charge in [-0.3, -0.25) is 10.1 Å². The topological polar surface area (TPSA) is 89.7 Å². The third kappa shape index (κ3) is 3.04. The second-order valence-corrected chi connectivity index (χ2v) is 3.38. The zero-order valence-electron chi connectivity index (χ0n) is 9.17. The summed E-state index contributed by atoms with van der Waals surface area (Å²) in [5.41, 5.74) is 0.211. The van der Waals surface area contributed by atoms with E-state index in [2.05, 4.69) is 6.58 Å². The van der Waals surface area contributed by atoms with E-state index >= 15 is 0 Å². The number of rotatable bonds is 5. The van der Waals surface area contributed by atoms with Crippen molar-refractivity contribution in [2.24, 2.45) is 0 Å². The minimum absolute atomic E-state index is 0.0694. The number of nitrogens with zero attached hydrogens (tertiary/aromatic N) is 1. The molecule has 0 saturated heterocycles. The van der Waals surface area contributed by atoms with Crippen LogP contribution in [0.15, 0.2) is 30.4 Å². The van der Waals surface area contributed by atoms with Crippen LogP contribution in [0.5, 0.6) is 5.75 Å². The molecule has 1 aromatic rings. The van der Waals surface area contributed by atoms with Crippen LogP contribution in [0.4, 0.5) is 5.69 Å². The normalized spacial score (nSPS) is 9.71. The first kappa shape index (κ1) is 12.7. The fraction of sp³-hybridized carbons (Fsp3) is 0.182. The van der Waals surface area contributed by atoms with Crippen LogP contribution in [0.1, 0.15) is 5.56 Å². The van der Waals surface area contributed by atoms with Gasteiger partial charge in [0.25, 0.3) is 0 Å². The summed E-state index contributed by atoms with van der Waals surface area (Å²) in [6.45, 7) is 4.63. The SMILES string of the molecule is C=C(COc1c(C)cccc1[N+](=O)[O-])C(=O)O. The number of carboxylic acid groups (broad SMARTS) is 1. The first-order chi connectivity index (χ1) is 7.93. The number of nitro groups is 1. The zero-order valence-corrected chi connectivity index (χ0v) is 9.17. The third-order valence-electron chi connectivity index (χ3n) is 2.08. The number of nitro benzene ring substituents is 1. The van der Waals surface area contributed by atoms with E-state index < -0.39 is 10.9 Å². The highest BCUT2D eigenvalue weighted by Gasteiger charge is 2.17. The van der Waals surface area contributed by atoms with Crippen molar-refractivity contribution in [3.8, 4) is 5.75 Å². The van der Waals surface area contributed by atoms with Crippen molar-refractivity contribution in [1.82, 2.24) is 0 Å². The molecule has 0 aliphatic heterocycles. The van der Waals surface area contributed by atoms with Crippen molar-refractivity contribution >= 4 is 11.7 Å². The highest BCUT2D eigenvalue weighted by Crippen LogP contribution is 2.30. The predicted octanol–water partition coefficient (Wildman–Crippen LogP) is 1.92. The second kappa shape index (κ2) is 5.11. The van der Waals surface area contributed by atoms with E-state index in [-0.39, 0.29) is 23.6 Å². The van der Waals surface area contributed by atoms with Gasteiger partial charge in [0.2, 0.25) is 0 Å². The number of ether oxygens (including phenoxy) is 1. The van der Waals surface area contributed by atoms with E-state index in [9.17, 15) is 14.9 Å². The van der Waals surface area contributed by atoms with Crippen LogP contribution < -0.4 is 4.74 Å². The lowest BCUT2D eigenvalue weighted by atomic mass is 10.2. The van der Waals surface area contributed by atoms with E-state index in [1.165, 1.54) is 12.1 Å². The summed E-state index contributed by atoms with van der Waals surface area (Å²) in [4.78, 5) is 20.7. The maximum absolute atomic E-state index is 10.7. The molecule has 0 fully saturated rings. The van der Waals surface area contributed by atoms with Crippen molar-refractivity contribution < 1.29 is 19.6 Å². The quantitative estimate of drug-likeness (QED) is 0.480. The summed E-state index contributed by atoms with van der Waals surface area (Å²) in [5, 5.41) is 19.3. The van der Waals surface area contributed by atoms with Gasteiger partial charge in [-0.05, 0) is 12.5 Å². The molecule has 0 atom stereocenters. The van der Waals surface area contributed by atoms with Gasteiger partial charge >= 0.3 is 11.7 Å². The van der Waals surface area contributed by atoms with Gasteiger partial charge in [0.05, 0.1) is 10.5 Å². The molecule has 6 heteroatoms. The zero-order chi connectivity index (χ0) is 13.0. The number of hydrogen-bond acceptors (Lipinski definition) is 4. The fourth-order valence-corrected chi connectivity index (χ4v) is 1.19. The van der Waals surface area contributed by atoms with Crippen molar-refractivity contribution in [3.05, 3.63) is 46.0 Å². The van der Waals surface area contributed by atoms with Crippen LogP contribution in [0.3, 0.4) is 0 Å². The smallest absolute Gasteiger partial charge is 0.334 e. The summed E-state index contributed by atoms with van der Waals surface area (Å²) in [6.07, 6.45) is 0. The van der Waals surface area contributed by atoms with Crippen LogP contribution in [0.2, 0.25) is 0 Å². The molecular weight excluding hydrogens is 226 g/mol. The van der Waals surface area contributed by atoms with Gasteiger partial charge < -0.3 is 9.84 Å². The first-order valence-electron chi connectivity index (χ1n) is 4.71. The molecule has 0 heterocycles. The Hall–Kier alpha value is -2.37. The molecule has 17 heavy (non-hydrogen) atoms. The molecule has 0 aliphatic carbocycles. The predicted molar refractivity (Wildman–Crippen MR) is 60.1 cm³/mol. The highest BCUT2D eigenvalue weighted by atomic mass is 16.6. The van der Waals surface area contributed by atoms with Gasteiger partial charge in [0, 0.05) is 6.07 Å². The van der Waals surface area contributed by atoms with Gasteiger partial charge in [0.1, 0.15) is 6.61 Å². The Labute approximate surface area is 97.3 Å². The molecule has 0 saturated carbocycles. The van der Waals surface area contributed by atoms with Crippen molar-refractivity contribution in [2.75, 3.05) is 6.61 Å². The number of carbonyl (C=O) groups is 1. The van der Waals surface area contributed by atoms with Gasteiger partial charge in [0.15, 0.2) is 5.75 Å². The van der Waals surface area contributed by atoms with E-state index in [4.69, 9.17) is 9.84 Å². The monoisotopic (exact) mass is 237 g/mol. The maximum Gasteiger partial charge on any atom is 0.334 e. The Balaban J connectivity index is 2.94. The summed E-state index contributed by atoms with van der Waals surface area (Å²) in [7, 11) is 0. The number of hydrogen-bond donors (Lipinski definition) is 1. The Morgan fingerprint density at radius 1 is 1.59 bits per heavy atom. The lowest BCUT2D eigenvalue weighted by Gasteiger charge is -2.08. The molecule has 0 aliphatic rings. The van der Waals surface area contributed by atoms with E-state index in [0.29, 0.717) is 5.56 Å². The molecule has 90 valence electrons. The number of para-hydroxylation sites is 1. The number of aryl methyl sites for hydroxylation is 1. The highest BCUT2D eigenvalue weighted by molar-refractivity contribution is 5.86. The minimum atomic E-state index is -1.19. The number of carboxylic acids is 1. The fourth-order valence-electron chi connectivity index (χ4n) is 1.19. The third-order valence-corrected chi connectivity index (χ3v) is 2.08. The molecule has 0 bridgehead atoms. The first-order valence-corrected chi connectivity index (χ1v) is 4.71. The molecule has 1 aromatic carbocycles. The average molecular weight is 237 g/mol. The number of benzene rings is 1. The number of aliphatic carboxylic acids is 1. The van der Waals surface area contributed by atoms with Gasteiger partial charge in [-0.15, -0.1) is 0 Å². The second-order valence-electron chi connectivity index (χ2n) is 3.38. The molecule has 0 amide bonds. The summed E-state index contributed by atoms with van der Waals surface area (Å²) < 4.78 is 5.13. The van der Waals surface area contributed by atoms with Crippen LogP contribution in [-0.2, 0) is 4.79 Å². The summed E-state index contributed by atoms with van der Waals surface area (Å²) in [5.74, 6) is -1.12. The van der Waals surface area contributed by atoms with Crippen molar-refractivity contribution in [2.45, 2.75) is 6.92 Å². The van der Waals surface area contributed by atoms with Crippen LogP contribution in [-0.4, -0.2) is 22.6 Å². The van der Waals surface area contributed by atoms with E-state index in [1.54, 1.807) is 13.0 Å². The van der Waals surface area contributed by atoms with E-state index in [1.807, 2.05) is 0 Å². The molecule has 0 spiro atoms. The standard InChI is InChI=1S/C11H11NO5/c1-7-4-3-5-9(12(15)16)10(7)17-6-8(2)11(13)14/h3-5H,2,6H2,1H3,(H,13,14). The minimum Gasteiger partial charge on any atom is -0.481 e. The van der Waals surface area contributed by atoms with Gasteiger partial charge in [-0.1, -0.05) is 18.7 Å². The van der Waals surface area contributed by atoms with Gasteiger partial charge in [-0.25, -0.2) is 4.79 Å². The largest absolute Gasteiger partial charge is 0.481 e. The van der Waals surface area contributed by atoms with Crippen LogP contribution in [0.25, 0.3) is 0 Å².